The van der Waals surface area contributed by atoms with Gasteiger partial charge in [0.05, 0.1) is 6.54 Å². The van der Waals surface area contributed by atoms with Crippen molar-refractivity contribution in [1.29, 1.82) is 0 Å². The van der Waals surface area contributed by atoms with Crippen LogP contribution in [0, 0.1) is 0 Å². The number of thiocarbonyl (C=S) groups is 1. The number of benzene rings is 2. The first kappa shape index (κ1) is 16.3. The number of ether oxygens (including phenoxy) is 1. The topological polar surface area (TPSA) is 24.5 Å². The fourth-order valence-corrected chi connectivity index (χ4v) is 2.21. The van der Waals surface area contributed by atoms with Crippen molar-refractivity contribution in [2.45, 2.75) is 6.42 Å². The van der Waals surface area contributed by atoms with E-state index >= 15 is 0 Å². The summed E-state index contributed by atoms with van der Waals surface area (Å²) in [6.45, 7) is 2.21. The van der Waals surface area contributed by atoms with Gasteiger partial charge in [-0.05, 0) is 36.3 Å². The molecule has 0 fully saturated rings. The molecule has 0 amide bonds. The molecule has 3 nitrogen and oxygen atoms in total. The number of hydrogen-bond acceptors (Lipinski definition) is 2. The standard InChI is InChI=1S/C18H22N2OS/c1-20(14-15-21-17-10-6-3-7-11-17)18(22)19-13-12-16-8-4-2-5-9-16/h2-11H,12-15H2,1H3,(H,19,22). The highest BCUT2D eigenvalue weighted by atomic mass is 32.1. The summed E-state index contributed by atoms with van der Waals surface area (Å²) in [5.41, 5.74) is 1.31. The molecule has 4 heteroatoms. The van der Waals surface area contributed by atoms with E-state index in [1.165, 1.54) is 5.56 Å². The lowest BCUT2D eigenvalue weighted by Crippen LogP contribution is -2.39. The van der Waals surface area contributed by atoms with Crippen molar-refractivity contribution in [3.8, 4) is 5.75 Å². The second kappa shape index (κ2) is 9.05. The third kappa shape index (κ3) is 5.74. The van der Waals surface area contributed by atoms with Crippen LogP contribution in [0.3, 0.4) is 0 Å². The minimum atomic E-state index is 0.612. The molecular formula is C18H22N2OS. The average molecular weight is 314 g/mol. The van der Waals surface area contributed by atoms with Gasteiger partial charge in [-0.25, -0.2) is 0 Å². The predicted molar refractivity (Wildman–Crippen MR) is 95.3 cm³/mol. The molecular weight excluding hydrogens is 292 g/mol. The number of para-hydroxylation sites is 1. The number of nitrogens with zero attached hydrogens (tertiary/aromatic N) is 1. The molecule has 0 aliphatic heterocycles. The van der Waals surface area contributed by atoms with E-state index in [1.807, 2.05) is 48.3 Å². The summed E-state index contributed by atoms with van der Waals surface area (Å²) in [6, 6.07) is 20.2. The summed E-state index contributed by atoms with van der Waals surface area (Å²) < 4.78 is 5.67. The fraction of sp³-hybridized carbons (Fsp3) is 0.278. The Kier molecular flexibility index (Phi) is 6.71. The fourth-order valence-electron chi connectivity index (χ4n) is 2.01. The predicted octanol–water partition coefficient (Wildman–Crippen LogP) is 3.11. The van der Waals surface area contributed by atoms with Crippen molar-refractivity contribution in [3.63, 3.8) is 0 Å². The summed E-state index contributed by atoms with van der Waals surface area (Å²) >= 11 is 5.38. The van der Waals surface area contributed by atoms with Crippen LogP contribution in [0.15, 0.2) is 60.7 Å². The normalized spacial score (nSPS) is 10.0. The summed E-state index contributed by atoms with van der Waals surface area (Å²) in [7, 11) is 1.98. The van der Waals surface area contributed by atoms with E-state index in [4.69, 9.17) is 17.0 Å². The van der Waals surface area contributed by atoms with Gasteiger partial charge in [0.2, 0.25) is 0 Å². The largest absolute Gasteiger partial charge is 0.492 e. The SMILES string of the molecule is CN(CCOc1ccccc1)C(=S)NCCc1ccccc1. The number of rotatable bonds is 7. The average Bonchev–Trinajstić information content (AvgIpc) is 2.56. The van der Waals surface area contributed by atoms with Crippen LogP contribution in [0.1, 0.15) is 5.56 Å². The highest BCUT2D eigenvalue weighted by molar-refractivity contribution is 7.80. The van der Waals surface area contributed by atoms with E-state index < -0.39 is 0 Å². The molecule has 0 spiro atoms. The zero-order chi connectivity index (χ0) is 15.6. The number of hydrogen-bond donors (Lipinski definition) is 1. The van der Waals surface area contributed by atoms with Crippen molar-refractivity contribution in [2.75, 3.05) is 26.7 Å². The van der Waals surface area contributed by atoms with Gasteiger partial charge in [-0.1, -0.05) is 48.5 Å². The molecule has 1 N–H and O–H groups in total. The molecule has 22 heavy (non-hydrogen) atoms. The first-order valence-corrected chi connectivity index (χ1v) is 7.87. The molecule has 0 atom stereocenters. The molecule has 116 valence electrons. The molecule has 0 heterocycles. The molecule has 2 aromatic carbocycles. The van der Waals surface area contributed by atoms with Gasteiger partial charge in [-0.2, -0.15) is 0 Å². The van der Waals surface area contributed by atoms with E-state index in [-0.39, 0.29) is 0 Å². The Bertz CT molecular complexity index is 560. The van der Waals surface area contributed by atoms with Gasteiger partial charge in [0.1, 0.15) is 12.4 Å². The van der Waals surface area contributed by atoms with Crippen LogP contribution >= 0.6 is 12.2 Å². The molecule has 2 rings (SSSR count). The quantitative estimate of drug-likeness (QED) is 0.794. The molecule has 0 bridgehead atoms. The molecule has 2 aromatic rings. The third-order valence-corrected chi connectivity index (χ3v) is 3.77. The first-order chi connectivity index (χ1) is 10.8. The first-order valence-electron chi connectivity index (χ1n) is 7.46. The van der Waals surface area contributed by atoms with Gasteiger partial charge >= 0.3 is 0 Å². The van der Waals surface area contributed by atoms with E-state index in [1.54, 1.807) is 0 Å². The van der Waals surface area contributed by atoms with Crippen LogP contribution in [0.5, 0.6) is 5.75 Å². The Morgan fingerprint density at radius 1 is 1.05 bits per heavy atom. The van der Waals surface area contributed by atoms with Gasteiger partial charge in [-0.3, -0.25) is 0 Å². The minimum Gasteiger partial charge on any atom is -0.492 e. The van der Waals surface area contributed by atoms with Crippen LogP contribution in [-0.2, 0) is 6.42 Å². The highest BCUT2D eigenvalue weighted by Crippen LogP contribution is 2.07. The number of likely N-dealkylation sites (N-methyl/N-ethyl adjacent to an activating group) is 1. The van der Waals surface area contributed by atoms with Crippen LogP contribution in [0.25, 0.3) is 0 Å². The van der Waals surface area contributed by atoms with Gasteiger partial charge in [0.15, 0.2) is 5.11 Å². The third-order valence-electron chi connectivity index (χ3n) is 3.32. The van der Waals surface area contributed by atoms with Crippen LogP contribution in [0.4, 0.5) is 0 Å². The molecule has 0 aliphatic rings. The molecule has 0 radical (unpaired) electrons. The van der Waals surface area contributed by atoms with Crippen molar-refractivity contribution in [2.24, 2.45) is 0 Å². The van der Waals surface area contributed by atoms with E-state index in [2.05, 4.69) is 29.6 Å². The molecule has 0 aromatic heterocycles. The van der Waals surface area contributed by atoms with Crippen molar-refractivity contribution >= 4 is 17.3 Å². The summed E-state index contributed by atoms with van der Waals surface area (Å²) in [5.74, 6) is 0.888. The molecule has 0 saturated heterocycles. The van der Waals surface area contributed by atoms with Crippen molar-refractivity contribution in [3.05, 3.63) is 66.2 Å². The van der Waals surface area contributed by atoms with Gasteiger partial charge < -0.3 is 15.0 Å². The van der Waals surface area contributed by atoms with E-state index in [0.29, 0.717) is 6.61 Å². The summed E-state index contributed by atoms with van der Waals surface area (Å²) in [5, 5.41) is 4.04. The zero-order valence-corrected chi connectivity index (χ0v) is 13.7. The Morgan fingerprint density at radius 2 is 1.68 bits per heavy atom. The maximum atomic E-state index is 5.67. The Hall–Kier alpha value is -2.07. The minimum absolute atomic E-state index is 0.612. The summed E-state index contributed by atoms with van der Waals surface area (Å²) in [4.78, 5) is 2.00. The second-order valence-electron chi connectivity index (χ2n) is 5.05. The maximum Gasteiger partial charge on any atom is 0.168 e. The lowest BCUT2D eigenvalue weighted by molar-refractivity contribution is 0.283. The molecule has 0 unspecified atom stereocenters. The Balaban J connectivity index is 1.62. The lowest BCUT2D eigenvalue weighted by Gasteiger charge is -2.21. The Morgan fingerprint density at radius 3 is 2.36 bits per heavy atom. The van der Waals surface area contributed by atoms with Crippen LogP contribution in [0.2, 0.25) is 0 Å². The second-order valence-corrected chi connectivity index (χ2v) is 5.44. The lowest BCUT2D eigenvalue weighted by atomic mass is 10.1. The molecule has 0 aliphatic carbocycles. The zero-order valence-electron chi connectivity index (χ0n) is 12.9. The Labute approximate surface area is 137 Å². The van der Waals surface area contributed by atoms with Gasteiger partial charge in [0.25, 0.3) is 0 Å². The van der Waals surface area contributed by atoms with Crippen molar-refractivity contribution in [1.82, 2.24) is 10.2 Å². The monoisotopic (exact) mass is 314 g/mol. The van der Waals surface area contributed by atoms with Gasteiger partial charge in [-0.15, -0.1) is 0 Å². The highest BCUT2D eigenvalue weighted by Gasteiger charge is 2.03. The van der Waals surface area contributed by atoms with Crippen LogP contribution in [-0.4, -0.2) is 36.8 Å². The maximum absolute atomic E-state index is 5.67. The van der Waals surface area contributed by atoms with E-state index in [9.17, 15) is 0 Å². The van der Waals surface area contributed by atoms with Crippen LogP contribution < -0.4 is 10.1 Å². The van der Waals surface area contributed by atoms with Crippen molar-refractivity contribution < 1.29 is 4.74 Å². The smallest absolute Gasteiger partial charge is 0.168 e. The van der Waals surface area contributed by atoms with E-state index in [0.717, 1.165) is 30.4 Å². The van der Waals surface area contributed by atoms with Gasteiger partial charge in [0, 0.05) is 13.6 Å². The number of nitrogens with one attached hydrogen (secondary N) is 1. The summed E-state index contributed by atoms with van der Waals surface area (Å²) in [6.07, 6.45) is 0.968. The molecule has 0 saturated carbocycles.